The van der Waals surface area contributed by atoms with Crippen molar-refractivity contribution in [3.63, 3.8) is 0 Å². The predicted octanol–water partition coefficient (Wildman–Crippen LogP) is 0.834. The average Bonchev–Trinajstić information content (AvgIpc) is 2.70. The molecule has 1 saturated heterocycles. The molecule has 0 bridgehead atoms. The zero-order chi connectivity index (χ0) is 14.0. The zero-order valence-corrected chi connectivity index (χ0v) is 12.2. The van der Waals surface area contributed by atoms with E-state index in [0.717, 1.165) is 13.0 Å². The molecule has 1 aliphatic rings. The Kier molecular flexibility index (Phi) is 4.04. The van der Waals surface area contributed by atoms with Crippen LogP contribution < -0.4 is 10.9 Å². The van der Waals surface area contributed by atoms with Crippen molar-refractivity contribution in [3.05, 3.63) is 33.7 Å². The molecule has 0 aliphatic carbocycles. The number of nitrogens with zero attached hydrogens (tertiary/aromatic N) is 3. The fourth-order valence-electron chi connectivity index (χ4n) is 1.96. The highest BCUT2D eigenvalue weighted by Crippen LogP contribution is 2.20. The first-order valence-corrected chi connectivity index (χ1v) is 6.72. The minimum atomic E-state index is -0.294. The molecule has 1 aromatic heterocycles. The standard InChI is InChI=1S/C12H15BrN4O2/c1-3-5-17-12(19)10(13)9(7-14-17)15-8-4-6-16(2)11(8)18/h3,7-8,15H,1,4-6H2,2H3. The van der Waals surface area contributed by atoms with Gasteiger partial charge in [-0.2, -0.15) is 5.10 Å². The number of allylic oxidation sites excluding steroid dienone is 1. The summed E-state index contributed by atoms with van der Waals surface area (Å²) in [4.78, 5) is 25.4. The second-order valence-corrected chi connectivity index (χ2v) is 5.19. The van der Waals surface area contributed by atoms with Gasteiger partial charge in [0.25, 0.3) is 5.56 Å². The summed E-state index contributed by atoms with van der Waals surface area (Å²) in [5.74, 6) is 0.0298. The normalized spacial score (nSPS) is 18.7. The molecular weight excluding hydrogens is 312 g/mol. The van der Waals surface area contributed by atoms with Gasteiger partial charge in [-0.05, 0) is 22.4 Å². The lowest BCUT2D eigenvalue weighted by Crippen LogP contribution is -2.32. The van der Waals surface area contributed by atoms with Gasteiger partial charge >= 0.3 is 0 Å². The van der Waals surface area contributed by atoms with E-state index in [-0.39, 0.29) is 17.5 Å². The fourth-order valence-corrected chi connectivity index (χ4v) is 2.38. The quantitative estimate of drug-likeness (QED) is 0.832. The summed E-state index contributed by atoms with van der Waals surface area (Å²) in [7, 11) is 1.76. The van der Waals surface area contributed by atoms with E-state index in [2.05, 4.69) is 32.9 Å². The van der Waals surface area contributed by atoms with E-state index in [1.807, 2.05) is 0 Å². The van der Waals surface area contributed by atoms with Crippen LogP contribution in [0, 0.1) is 0 Å². The Bertz CT molecular complexity index is 569. The summed E-state index contributed by atoms with van der Waals surface area (Å²) in [5, 5.41) is 7.09. The van der Waals surface area contributed by atoms with E-state index in [1.54, 1.807) is 24.2 Å². The highest BCUT2D eigenvalue weighted by atomic mass is 79.9. The number of halogens is 1. The number of aromatic nitrogens is 2. The predicted molar refractivity (Wildman–Crippen MR) is 76.1 cm³/mol. The van der Waals surface area contributed by atoms with Crippen LogP contribution in [-0.4, -0.2) is 40.2 Å². The van der Waals surface area contributed by atoms with E-state index >= 15 is 0 Å². The molecule has 1 aliphatic heterocycles. The van der Waals surface area contributed by atoms with Crippen LogP contribution in [0.15, 0.2) is 28.1 Å². The smallest absolute Gasteiger partial charge is 0.283 e. The van der Waals surface area contributed by atoms with Gasteiger partial charge in [0.15, 0.2) is 0 Å². The molecule has 2 heterocycles. The fraction of sp³-hybridized carbons (Fsp3) is 0.417. The molecular formula is C12H15BrN4O2. The Labute approximate surface area is 119 Å². The highest BCUT2D eigenvalue weighted by Gasteiger charge is 2.29. The number of carbonyl (C=O) groups excluding carboxylic acids is 1. The van der Waals surface area contributed by atoms with Crippen molar-refractivity contribution >= 4 is 27.5 Å². The molecule has 1 unspecified atom stereocenters. The Hall–Kier alpha value is -1.63. The lowest BCUT2D eigenvalue weighted by Gasteiger charge is -2.14. The monoisotopic (exact) mass is 326 g/mol. The van der Waals surface area contributed by atoms with Crippen LogP contribution in [0.3, 0.4) is 0 Å². The van der Waals surface area contributed by atoms with Gasteiger partial charge in [-0.1, -0.05) is 6.08 Å². The van der Waals surface area contributed by atoms with E-state index in [9.17, 15) is 9.59 Å². The van der Waals surface area contributed by atoms with Gasteiger partial charge in [-0.15, -0.1) is 6.58 Å². The molecule has 0 spiro atoms. The molecule has 1 aromatic rings. The van der Waals surface area contributed by atoms with Gasteiger partial charge in [-0.25, -0.2) is 4.68 Å². The van der Waals surface area contributed by atoms with Gasteiger partial charge in [-0.3, -0.25) is 9.59 Å². The number of carbonyl (C=O) groups is 1. The second-order valence-electron chi connectivity index (χ2n) is 4.39. The lowest BCUT2D eigenvalue weighted by molar-refractivity contribution is -0.127. The minimum absolute atomic E-state index is 0.0298. The number of hydrogen-bond acceptors (Lipinski definition) is 4. The van der Waals surface area contributed by atoms with Crippen LogP contribution >= 0.6 is 15.9 Å². The van der Waals surface area contributed by atoms with E-state index < -0.39 is 0 Å². The molecule has 7 heteroatoms. The number of nitrogens with one attached hydrogen (secondary N) is 1. The Morgan fingerprint density at radius 2 is 2.37 bits per heavy atom. The topological polar surface area (TPSA) is 67.2 Å². The summed E-state index contributed by atoms with van der Waals surface area (Å²) >= 11 is 3.25. The molecule has 1 amide bonds. The van der Waals surface area contributed by atoms with Crippen LogP contribution in [0.4, 0.5) is 5.69 Å². The average molecular weight is 327 g/mol. The summed E-state index contributed by atoms with van der Waals surface area (Å²) in [5.41, 5.74) is 0.294. The number of anilines is 1. The maximum atomic E-state index is 12.0. The molecule has 0 aromatic carbocycles. The SMILES string of the molecule is C=CCn1ncc(NC2CCN(C)C2=O)c(Br)c1=O. The molecule has 1 fully saturated rings. The van der Waals surface area contributed by atoms with Crippen LogP contribution in [0.2, 0.25) is 0 Å². The van der Waals surface area contributed by atoms with Crippen LogP contribution in [0.25, 0.3) is 0 Å². The number of amides is 1. The van der Waals surface area contributed by atoms with E-state index in [4.69, 9.17) is 0 Å². The summed E-state index contributed by atoms with van der Waals surface area (Å²) in [6, 6.07) is -0.294. The lowest BCUT2D eigenvalue weighted by atomic mass is 10.2. The van der Waals surface area contributed by atoms with Crippen molar-refractivity contribution in [3.8, 4) is 0 Å². The van der Waals surface area contributed by atoms with Gasteiger partial charge < -0.3 is 10.2 Å². The van der Waals surface area contributed by atoms with Gasteiger partial charge in [0.2, 0.25) is 5.91 Å². The van der Waals surface area contributed by atoms with Gasteiger partial charge in [0.05, 0.1) is 18.4 Å². The Morgan fingerprint density at radius 3 is 2.95 bits per heavy atom. The minimum Gasteiger partial charge on any atom is -0.371 e. The summed E-state index contributed by atoms with van der Waals surface area (Å²) < 4.78 is 1.68. The number of hydrogen-bond donors (Lipinski definition) is 1. The van der Waals surface area contributed by atoms with Crippen LogP contribution in [-0.2, 0) is 11.3 Å². The largest absolute Gasteiger partial charge is 0.371 e. The zero-order valence-electron chi connectivity index (χ0n) is 10.6. The number of likely N-dealkylation sites (tertiary alicyclic amines) is 1. The molecule has 1 atom stereocenters. The molecule has 19 heavy (non-hydrogen) atoms. The molecule has 2 rings (SSSR count). The van der Waals surface area contributed by atoms with E-state index in [0.29, 0.717) is 16.7 Å². The van der Waals surface area contributed by atoms with Crippen molar-refractivity contribution in [1.29, 1.82) is 0 Å². The summed E-state index contributed by atoms with van der Waals surface area (Å²) in [6.45, 7) is 4.64. The maximum Gasteiger partial charge on any atom is 0.283 e. The third-order valence-corrected chi connectivity index (χ3v) is 3.81. The molecule has 6 nitrogen and oxygen atoms in total. The number of likely N-dealkylation sites (N-methyl/N-ethyl adjacent to an activating group) is 1. The first kappa shape index (κ1) is 13.8. The number of rotatable bonds is 4. The van der Waals surface area contributed by atoms with Crippen molar-refractivity contribution < 1.29 is 4.79 Å². The van der Waals surface area contributed by atoms with Crippen molar-refractivity contribution in [2.45, 2.75) is 19.0 Å². The van der Waals surface area contributed by atoms with Crippen molar-refractivity contribution in [2.75, 3.05) is 18.9 Å². The molecule has 1 N–H and O–H groups in total. The van der Waals surface area contributed by atoms with Crippen molar-refractivity contribution in [1.82, 2.24) is 14.7 Å². The highest BCUT2D eigenvalue weighted by molar-refractivity contribution is 9.10. The molecule has 0 radical (unpaired) electrons. The third-order valence-electron chi connectivity index (χ3n) is 3.04. The molecule has 0 saturated carbocycles. The van der Waals surface area contributed by atoms with Gasteiger partial charge in [0, 0.05) is 13.6 Å². The molecule has 102 valence electrons. The van der Waals surface area contributed by atoms with Crippen molar-refractivity contribution in [2.24, 2.45) is 0 Å². The maximum absolute atomic E-state index is 12.0. The first-order chi connectivity index (χ1) is 9.04. The van der Waals surface area contributed by atoms with Crippen LogP contribution in [0.1, 0.15) is 6.42 Å². The summed E-state index contributed by atoms with van der Waals surface area (Å²) in [6.07, 6.45) is 3.86. The first-order valence-electron chi connectivity index (χ1n) is 5.92. The second kappa shape index (κ2) is 5.56. The Balaban J connectivity index is 2.22. The Morgan fingerprint density at radius 1 is 1.63 bits per heavy atom. The van der Waals surface area contributed by atoms with Gasteiger partial charge in [0.1, 0.15) is 10.5 Å². The third kappa shape index (κ3) is 2.70. The van der Waals surface area contributed by atoms with Crippen LogP contribution in [0.5, 0.6) is 0 Å². The van der Waals surface area contributed by atoms with E-state index in [1.165, 1.54) is 4.68 Å².